The Bertz CT molecular complexity index is 338. The van der Waals surface area contributed by atoms with E-state index in [1.165, 1.54) is 0 Å². The number of hydrogen-bond donors (Lipinski definition) is 3. The lowest BCUT2D eigenvalue weighted by atomic mass is 10.0. The first-order valence-corrected chi connectivity index (χ1v) is 7.39. The highest BCUT2D eigenvalue weighted by atomic mass is 16.2. The molecule has 1 saturated heterocycles. The van der Waals surface area contributed by atoms with Gasteiger partial charge in [0.2, 0.25) is 11.8 Å². The van der Waals surface area contributed by atoms with Gasteiger partial charge in [-0.05, 0) is 40.7 Å². The van der Waals surface area contributed by atoms with Gasteiger partial charge >= 0.3 is 0 Å². The van der Waals surface area contributed by atoms with Gasteiger partial charge in [0.25, 0.3) is 0 Å². The number of hydrogen-bond acceptors (Lipinski definition) is 4. The predicted octanol–water partition coefficient (Wildman–Crippen LogP) is -0.299. The van der Waals surface area contributed by atoms with E-state index in [4.69, 9.17) is 0 Å². The Labute approximate surface area is 121 Å². The van der Waals surface area contributed by atoms with E-state index < -0.39 is 0 Å². The molecule has 20 heavy (non-hydrogen) atoms. The van der Waals surface area contributed by atoms with Crippen LogP contribution in [0.25, 0.3) is 0 Å². The van der Waals surface area contributed by atoms with Gasteiger partial charge in [0.1, 0.15) is 0 Å². The largest absolute Gasteiger partial charge is 0.352 e. The zero-order valence-corrected chi connectivity index (χ0v) is 13.1. The normalized spacial score (nSPS) is 22.1. The van der Waals surface area contributed by atoms with Gasteiger partial charge in [-0.1, -0.05) is 0 Å². The molecule has 1 atom stereocenters. The highest BCUT2D eigenvalue weighted by Gasteiger charge is 2.29. The maximum Gasteiger partial charge on any atom is 0.239 e. The van der Waals surface area contributed by atoms with E-state index in [0.29, 0.717) is 6.54 Å². The van der Waals surface area contributed by atoms with Crippen molar-refractivity contribution >= 4 is 11.8 Å². The Kier molecular flexibility index (Phi) is 6.42. The molecule has 1 heterocycles. The number of carbonyl (C=O) groups excluding carboxylic acids is 2. The summed E-state index contributed by atoms with van der Waals surface area (Å²) in [4.78, 5) is 25.5. The van der Waals surface area contributed by atoms with Crippen LogP contribution in [0.5, 0.6) is 0 Å². The summed E-state index contributed by atoms with van der Waals surface area (Å²) in [7, 11) is 0. The van der Waals surface area contributed by atoms with Crippen LogP contribution in [-0.2, 0) is 9.59 Å². The molecule has 1 aliphatic rings. The Hall–Kier alpha value is -1.14. The molecule has 0 aromatic heterocycles. The summed E-state index contributed by atoms with van der Waals surface area (Å²) in [5.74, 6) is -0.136. The second kappa shape index (κ2) is 7.59. The van der Waals surface area contributed by atoms with Crippen LogP contribution in [0.15, 0.2) is 0 Å². The highest BCUT2D eigenvalue weighted by molar-refractivity contribution is 5.85. The third kappa shape index (κ3) is 5.46. The summed E-state index contributed by atoms with van der Waals surface area (Å²) < 4.78 is 0. The monoisotopic (exact) mass is 284 g/mol. The van der Waals surface area contributed by atoms with Crippen molar-refractivity contribution in [2.75, 3.05) is 32.7 Å². The zero-order chi connectivity index (χ0) is 15.2. The zero-order valence-electron chi connectivity index (χ0n) is 13.1. The lowest BCUT2D eigenvalue weighted by Crippen LogP contribution is -2.51. The van der Waals surface area contributed by atoms with Crippen LogP contribution in [0.4, 0.5) is 0 Å². The minimum absolute atomic E-state index is 0.0186. The first-order chi connectivity index (χ1) is 9.36. The Morgan fingerprint density at radius 2 is 2.10 bits per heavy atom. The minimum Gasteiger partial charge on any atom is -0.352 e. The molecule has 2 amide bonds. The van der Waals surface area contributed by atoms with Gasteiger partial charge in [0.05, 0.1) is 13.1 Å². The van der Waals surface area contributed by atoms with E-state index in [-0.39, 0.29) is 36.5 Å². The van der Waals surface area contributed by atoms with Gasteiger partial charge in [-0.25, -0.2) is 0 Å². The van der Waals surface area contributed by atoms with Crippen molar-refractivity contribution in [2.24, 2.45) is 0 Å². The third-order valence-electron chi connectivity index (χ3n) is 3.55. The summed E-state index contributed by atoms with van der Waals surface area (Å²) in [5, 5.41) is 9.39. The summed E-state index contributed by atoms with van der Waals surface area (Å²) in [6, 6.07) is 0.0953. The lowest BCUT2D eigenvalue weighted by Gasteiger charge is -2.27. The molecular formula is C14H28N4O2. The van der Waals surface area contributed by atoms with Crippen molar-refractivity contribution < 1.29 is 9.59 Å². The van der Waals surface area contributed by atoms with E-state index in [1.54, 1.807) is 4.90 Å². The van der Waals surface area contributed by atoms with Crippen LogP contribution in [-0.4, -0.2) is 61.0 Å². The van der Waals surface area contributed by atoms with E-state index in [1.807, 2.05) is 20.8 Å². The molecular weight excluding hydrogens is 256 g/mol. The fraction of sp³-hybridized carbons (Fsp3) is 0.857. The number of likely N-dealkylation sites (N-methyl/N-ethyl adjacent to an activating group) is 1. The molecule has 1 unspecified atom stereocenters. The molecule has 3 N–H and O–H groups in total. The standard InChI is InChI=1S/C14H28N4O2/c1-5-18(9-12(19)17-11(2)3)13(20)8-16-14(4)6-7-15-10-14/h11,15-16H,5-10H2,1-4H3,(H,17,19). The fourth-order valence-corrected chi connectivity index (χ4v) is 2.29. The topological polar surface area (TPSA) is 73.5 Å². The lowest BCUT2D eigenvalue weighted by molar-refractivity contribution is -0.135. The fourth-order valence-electron chi connectivity index (χ4n) is 2.29. The van der Waals surface area contributed by atoms with E-state index in [9.17, 15) is 9.59 Å². The molecule has 1 aliphatic heterocycles. The molecule has 0 saturated carbocycles. The second-order valence-electron chi connectivity index (χ2n) is 5.97. The van der Waals surface area contributed by atoms with Gasteiger partial charge in [0.15, 0.2) is 0 Å². The summed E-state index contributed by atoms with van der Waals surface area (Å²) in [6.45, 7) is 10.6. The maximum atomic E-state index is 12.2. The smallest absolute Gasteiger partial charge is 0.239 e. The Morgan fingerprint density at radius 1 is 1.40 bits per heavy atom. The van der Waals surface area contributed by atoms with Crippen molar-refractivity contribution in [1.29, 1.82) is 0 Å². The highest BCUT2D eigenvalue weighted by Crippen LogP contribution is 2.12. The first kappa shape index (κ1) is 16.9. The van der Waals surface area contributed by atoms with Crippen molar-refractivity contribution in [3.05, 3.63) is 0 Å². The van der Waals surface area contributed by atoms with Gasteiger partial charge in [-0.2, -0.15) is 0 Å². The van der Waals surface area contributed by atoms with Crippen LogP contribution in [0, 0.1) is 0 Å². The van der Waals surface area contributed by atoms with Crippen molar-refractivity contribution in [2.45, 2.75) is 45.7 Å². The predicted molar refractivity (Wildman–Crippen MR) is 79.4 cm³/mol. The molecule has 116 valence electrons. The molecule has 6 heteroatoms. The average Bonchev–Trinajstić information content (AvgIpc) is 2.80. The number of nitrogens with zero attached hydrogens (tertiary/aromatic N) is 1. The molecule has 0 radical (unpaired) electrons. The van der Waals surface area contributed by atoms with E-state index in [0.717, 1.165) is 19.5 Å². The van der Waals surface area contributed by atoms with Crippen LogP contribution in [0.2, 0.25) is 0 Å². The van der Waals surface area contributed by atoms with Gasteiger partial charge < -0.3 is 20.9 Å². The molecule has 0 aromatic carbocycles. The number of rotatable bonds is 7. The average molecular weight is 284 g/mol. The maximum absolute atomic E-state index is 12.2. The van der Waals surface area contributed by atoms with Crippen LogP contribution in [0.3, 0.4) is 0 Å². The summed E-state index contributed by atoms with van der Waals surface area (Å²) in [6.07, 6.45) is 1.01. The van der Waals surface area contributed by atoms with Crippen LogP contribution < -0.4 is 16.0 Å². The van der Waals surface area contributed by atoms with Crippen LogP contribution in [0.1, 0.15) is 34.1 Å². The van der Waals surface area contributed by atoms with Gasteiger partial charge in [-0.15, -0.1) is 0 Å². The van der Waals surface area contributed by atoms with E-state index in [2.05, 4.69) is 22.9 Å². The second-order valence-corrected chi connectivity index (χ2v) is 5.97. The number of carbonyl (C=O) groups is 2. The molecule has 1 rings (SSSR count). The number of nitrogens with one attached hydrogen (secondary N) is 3. The van der Waals surface area contributed by atoms with Gasteiger partial charge in [0, 0.05) is 24.7 Å². The molecule has 1 fully saturated rings. The Balaban J connectivity index is 2.40. The van der Waals surface area contributed by atoms with Crippen molar-refractivity contribution in [3.63, 3.8) is 0 Å². The molecule has 6 nitrogen and oxygen atoms in total. The molecule has 0 aromatic rings. The van der Waals surface area contributed by atoms with Gasteiger partial charge in [-0.3, -0.25) is 9.59 Å². The summed E-state index contributed by atoms with van der Waals surface area (Å²) >= 11 is 0. The van der Waals surface area contributed by atoms with Crippen LogP contribution >= 0.6 is 0 Å². The third-order valence-corrected chi connectivity index (χ3v) is 3.55. The van der Waals surface area contributed by atoms with Crippen molar-refractivity contribution in [3.8, 4) is 0 Å². The minimum atomic E-state index is -0.107. The summed E-state index contributed by atoms with van der Waals surface area (Å²) in [5.41, 5.74) is -0.0186. The first-order valence-electron chi connectivity index (χ1n) is 7.39. The SMILES string of the molecule is CCN(CC(=O)NC(C)C)C(=O)CNC1(C)CCNC1. The number of amides is 2. The quantitative estimate of drug-likeness (QED) is 0.600. The van der Waals surface area contributed by atoms with E-state index >= 15 is 0 Å². The molecule has 0 aliphatic carbocycles. The molecule has 0 spiro atoms. The molecule has 0 bridgehead atoms. The van der Waals surface area contributed by atoms with Crippen molar-refractivity contribution in [1.82, 2.24) is 20.9 Å². The Morgan fingerprint density at radius 3 is 2.60 bits per heavy atom.